The van der Waals surface area contributed by atoms with Crippen LogP contribution >= 0.6 is 0 Å². The lowest BCUT2D eigenvalue weighted by atomic mass is 10.1. The minimum absolute atomic E-state index is 0.0607. The van der Waals surface area contributed by atoms with Gasteiger partial charge in [0.2, 0.25) is 0 Å². The van der Waals surface area contributed by atoms with Crippen molar-refractivity contribution in [3.63, 3.8) is 0 Å². The van der Waals surface area contributed by atoms with E-state index in [1.165, 1.54) is 0 Å². The number of urea groups is 1. The SMILES string of the molecule is CCC(c1nc2ccccc2c(=O)n1CC)N(CCC(C)C)C(=O)Nc1cccc(C)c1. The standard InChI is InChI=1S/C26H34N4O2/c1-6-23(24-28-22-14-9-8-13-21(22)25(31)29(24)7-2)30(16-15-18(3)4)26(32)27-20-12-10-11-19(5)17-20/h8-14,17-18,23H,6-7,15-16H2,1-5H3,(H,27,32). The smallest absolute Gasteiger partial charge is 0.314 e. The zero-order valence-electron chi connectivity index (χ0n) is 19.8. The maximum Gasteiger partial charge on any atom is 0.322 e. The second-order valence-corrected chi connectivity index (χ2v) is 8.64. The lowest BCUT2D eigenvalue weighted by Gasteiger charge is -2.33. The Bertz CT molecular complexity index is 1140. The first-order valence-corrected chi connectivity index (χ1v) is 11.5. The van der Waals surface area contributed by atoms with Crippen LogP contribution in [-0.2, 0) is 6.54 Å². The van der Waals surface area contributed by atoms with Crippen molar-refractivity contribution in [2.75, 3.05) is 11.9 Å². The highest BCUT2D eigenvalue weighted by Crippen LogP contribution is 2.26. The number of hydrogen-bond acceptors (Lipinski definition) is 3. The van der Waals surface area contributed by atoms with Crippen LogP contribution in [0.2, 0.25) is 0 Å². The van der Waals surface area contributed by atoms with Gasteiger partial charge in [0.05, 0.1) is 16.9 Å². The molecule has 1 heterocycles. The molecule has 0 aliphatic carbocycles. The van der Waals surface area contributed by atoms with E-state index in [0.717, 1.165) is 17.7 Å². The molecule has 1 atom stereocenters. The summed E-state index contributed by atoms with van der Waals surface area (Å²) in [6.45, 7) is 11.4. The van der Waals surface area contributed by atoms with Gasteiger partial charge >= 0.3 is 6.03 Å². The maximum atomic E-state index is 13.5. The molecule has 3 aromatic rings. The van der Waals surface area contributed by atoms with E-state index in [1.54, 1.807) is 4.57 Å². The van der Waals surface area contributed by atoms with Crippen molar-refractivity contribution in [3.05, 3.63) is 70.3 Å². The van der Waals surface area contributed by atoms with Gasteiger partial charge in [-0.1, -0.05) is 45.0 Å². The predicted octanol–water partition coefficient (Wildman–Crippen LogP) is 5.76. The predicted molar refractivity (Wildman–Crippen MR) is 131 cm³/mol. The number of aryl methyl sites for hydroxylation is 1. The van der Waals surface area contributed by atoms with Crippen LogP contribution in [0, 0.1) is 12.8 Å². The molecule has 0 aliphatic heterocycles. The van der Waals surface area contributed by atoms with Gasteiger partial charge in [0.15, 0.2) is 0 Å². The molecule has 2 amide bonds. The van der Waals surface area contributed by atoms with Crippen LogP contribution in [0.25, 0.3) is 10.9 Å². The second kappa shape index (κ2) is 10.4. The van der Waals surface area contributed by atoms with E-state index in [9.17, 15) is 9.59 Å². The molecule has 1 unspecified atom stereocenters. The van der Waals surface area contributed by atoms with Crippen LogP contribution < -0.4 is 10.9 Å². The van der Waals surface area contributed by atoms with Crippen molar-refractivity contribution in [1.29, 1.82) is 0 Å². The van der Waals surface area contributed by atoms with Crippen molar-refractivity contribution >= 4 is 22.6 Å². The monoisotopic (exact) mass is 434 g/mol. The number of carbonyl (C=O) groups excluding carboxylic acids is 1. The maximum absolute atomic E-state index is 13.5. The zero-order valence-corrected chi connectivity index (χ0v) is 19.8. The summed E-state index contributed by atoms with van der Waals surface area (Å²) in [4.78, 5) is 33.4. The Morgan fingerprint density at radius 3 is 2.53 bits per heavy atom. The molecule has 170 valence electrons. The molecule has 0 saturated carbocycles. The van der Waals surface area contributed by atoms with E-state index in [1.807, 2.05) is 74.2 Å². The summed E-state index contributed by atoms with van der Waals surface area (Å²) < 4.78 is 1.71. The molecule has 0 radical (unpaired) electrons. The van der Waals surface area contributed by atoms with E-state index in [0.29, 0.717) is 42.2 Å². The Morgan fingerprint density at radius 1 is 1.12 bits per heavy atom. The van der Waals surface area contributed by atoms with Crippen molar-refractivity contribution in [1.82, 2.24) is 14.5 Å². The lowest BCUT2D eigenvalue weighted by Crippen LogP contribution is -2.41. The molecule has 32 heavy (non-hydrogen) atoms. The van der Waals surface area contributed by atoms with E-state index >= 15 is 0 Å². The van der Waals surface area contributed by atoms with E-state index < -0.39 is 0 Å². The number of fused-ring (bicyclic) bond motifs is 1. The first kappa shape index (κ1) is 23.5. The minimum atomic E-state index is -0.309. The highest BCUT2D eigenvalue weighted by molar-refractivity contribution is 5.89. The Labute approximate surface area is 190 Å². The number of nitrogens with zero attached hydrogens (tertiary/aromatic N) is 3. The quantitative estimate of drug-likeness (QED) is 0.490. The number of carbonyl (C=O) groups is 1. The molecule has 1 aromatic heterocycles. The number of benzene rings is 2. The molecule has 6 heteroatoms. The molecule has 0 fully saturated rings. The Hall–Kier alpha value is -3.15. The number of anilines is 1. The van der Waals surface area contributed by atoms with Crippen molar-refractivity contribution in [2.45, 2.75) is 60.0 Å². The molecule has 0 bridgehead atoms. The summed E-state index contributed by atoms with van der Waals surface area (Å²) in [6, 6.07) is 14.7. The fraction of sp³-hybridized carbons (Fsp3) is 0.423. The molecule has 6 nitrogen and oxygen atoms in total. The Balaban J connectivity index is 2.05. The number of nitrogens with one attached hydrogen (secondary N) is 1. The topological polar surface area (TPSA) is 67.2 Å². The third-order valence-electron chi connectivity index (χ3n) is 5.75. The Kier molecular flexibility index (Phi) is 7.67. The first-order valence-electron chi connectivity index (χ1n) is 11.5. The van der Waals surface area contributed by atoms with Crippen LogP contribution in [-0.4, -0.2) is 27.0 Å². The van der Waals surface area contributed by atoms with Gasteiger partial charge in [-0.25, -0.2) is 9.78 Å². The molecule has 0 saturated heterocycles. The highest BCUT2D eigenvalue weighted by atomic mass is 16.2. The molecule has 0 aliphatic rings. The molecular weight excluding hydrogens is 400 g/mol. The van der Waals surface area contributed by atoms with E-state index in [-0.39, 0.29) is 17.6 Å². The summed E-state index contributed by atoms with van der Waals surface area (Å²) >= 11 is 0. The average molecular weight is 435 g/mol. The van der Waals surface area contributed by atoms with Crippen LogP contribution in [0.15, 0.2) is 53.3 Å². The Morgan fingerprint density at radius 2 is 1.88 bits per heavy atom. The minimum Gasteiger partial charge on any atom is -0.314 e. The van der Waals surface area contributed by atoms with E-state index in [2.05, 4.69) is 19.2 Å². The van der Waals surface area contributed by atoms with Gasteiger partial charge in [0, 0.05) is 18.8 Å². The second-order valence-electron chi connectivity index (χ2n) is 8.64. The highest BCUT2D eigenvalue weighted by Gasteiger charge is 2.28. The van der Waals surface area contributed by atoms with Gasteiger partial charge in [0.25, 0.3) is 5.56 Å². The fourth-order valence-electron chi connectivity index (χ4n) is 4.00. The van der Waals surface area contributed by atoms with Crippen molar-refractivity contribution in [3.8, 4) is 0 Å². The first-order chi connectivity index (χ1) is 15.3. The molecular formula is C26H34N4O2. The third kappa shape index (κ3) is 5.18. The zero-order chi connectivity index (χ0) is 23.3. The summed E-state index contributed by atoms with van der Waals surface area (Å²) in [7, 11) is 0. The fourth-order valence-corrected chi connectivity index (χ4v) is 4.00. The largest absolute Gasteiger partial charge is 0.322 e. The van der Waals surface area contributed by atoms with Gasteiger partial charge in [-0.3, -0.25) is 9.36 Å². The average Bonchev–Trinajstić information content (AvgIpc) is 2.76. The van der Waals surface area contributed by atoms with Crippen LogP contribution in [0.5, 0.6) is 0 Å². The van der Waals surface area contributed by atoms with Gasteiger partial charge in [0.1, 0.15) is 5.82 Å². The number of rotatable bonds is 8. The summed E-state index contributed by atoms with van der Waals surface area (Å²) in [5.74, 6) is 1.08. The van der Waals surface area contributed by atoms with Gasteiger partial charge in [-0.2, -0.15) is 0 Å². The number of para-hydroxylation sites is 1. The van der Waals surface area contributed by atoms with Crippen LogP contribution in [0.1, 0.15) is 58.0 Å². The van der Waals surface area contributed by atoms with Crippen molar-refractivity contribution < 1.29 is 4.79 Å². The van der Waals surface area contributed by atoms with Crippen LogP contribution in [0.3, 0.4) is 0 Å². The van der Waals surface area contributed by atoms with Crippen LogP contribution in [0.4, 0.5) is 10.5 Å². The van der Waals surface area contributed by atoms with Gasteiger partial charge in [-0.05, 0) is 62.4 Å². The number of hydrogen-bond donors (Lipinski definition) is 1. The summed E-state index contributed by atoms with van der Waals surface area (Å²) in [5, 5.41) is 3.65. The van der Waals surface area contributed by atoms with E-state index in [4.69, 9.17) is 4.98 Å². The number of amides is 2. The number of aromatic nitrogens is 2. The molecule has 1 N–H and O–H groups in total. The third-order valence-corrected chi connectivity index (χ3v) is 5.75. The molecule has 3 rings (SSSR count). The molecule has 0 spiro atoms. The van der Waals surface area contributed by atoms with Crippen molar-refractivity contribution in [2.24, 2.45) is 5.92 Å². The lowest BCUT2D eigenvalue weighted by molar-refractivity contribution is 0.175. The summed E-state index contributed by atoms with van der Waals surface area (Å²) in [6.07, 6.45) is 1.52. The van der Waals surface area contributed by atoms with Gasteiger partial charge in [-0.15, -0.1) is 0 Å². The normalized spacial score (nSPS) is 12.2. The van der Waals surface area contributed by atoms with Gasteiger partial charge < -0.3 is 10.2 Å². The molecule has 2 aromatic carbocycles. The summed E-state index contributed by atoms with van der Waals surface area (Å²) in [5.41, 5.74) is 2.45.